The lowest BCUT2D eigenvalue weighted by Gasteiger charge is -1.66. The van der Waals surface area contributed by atoms with Gasteiger partial charge in [0.25, 0.3) is 0 Å². The molecule has 3 nitrogen and oxygen atoms in total. The van der Waals surface area contributed by atoms with Gasteiger partial charge in [0.1, 0.15) is 6.20 Å². The van der Waals surface area contributed by atoms with Gasteiger partial charge in [-0.05, 0) is 6.92 Å². The quantitative estimate of drug-likeness (QED) is 0.609. The molecule has 0 atom stereocenters. The topological polar surface area (TPSA) is 60.2 Å². The number of nitrogens with one attached hydrogen (secondary N) is 1. The third kappa shape index (κ3) is 5.62. The number of imidazole rings is 1. The molecule has 5 heteroatoms. The number of H-pyrrole nitrogens is 1. The molecule has 0 unspecified atom stereocenters. The van der Waals surface area contributed by atoms with Crippen LogP contribution in [0.3, 0.4) is 0 Å². The first-order valence-electron chi connectivity index (χ1n) is 1.77. The van der Waals surface area contributed by atoms with Gasteiger partial charge in [-0.3, -0.25) is 0 Å². The van der Waals surface area contributed by atoms with Gasteiger partial charge in [-0.25, -0.2) is 4.98 Å². The van der Waals surface area contributed by atoms with Gasteiger partial charge in [-0.2, -0.15) is 0 Å². The summed E-state index contributed by atoms with van der Waals surface area (Å²) in [5, 5.41) is 0. The Morgan fingerprint density at radius 3 is 2.22 bits per heavy atom. The van der Waals surface area contributed by atoms with Gasteiger partial charge in [0.05, 0.1) is 6.33 Å². The first kappa shape index (κ1) is 15.9. The summed E-state index contributed by atoms with van der Waals surface area (Å²) >= 11 is 0. The fraction of sp³-hybridized carbons (Fsp3) is 0.250. The van der Waals surface area contributed by atoms with Crippen LogP contribution in [0.15, 0.2) is 6.33 Å². The maximum absolute atomic E-state index is 3.64. The predicted molar refractivity (Wildman–Crippen MR) is 40.3 cm³/mol. The van der Waals surface area contributed by atoms with Crippen molar-refractivity contribution in [1.82, 2.24) is 9.97 Å². The van der Waals surface area contributed by atoms with Gasteiger partial charge in [0.15, 0.2) is 0 Å². The van der Waals surface area contributed by atoms with Crippen molar-refractivity contribution >= 4 is 24.8 Å². The molecule has 1 aromatic rings. The van der Waals surface area contributed by atoms with Gasteiger partial charge in [0.2, 0.25) is 0 Å². The Morgan fingerprint density at radius 2 is 2.11 bits per heavy atom. The van der Waals surface area contributed by atoms with Crippen LogP contribution in [-0.4, -0.2) is 15.4 Å². The van der Waals surface area contributed by atoms with E-state index in [0.717, 1.165) is 5.69 Å². The lowest BCUT2D eigenvalue weighted by atomic mass is 10.6. The Hall–Kier alpha value is -0.250. The molecule has 0 amide bonds. The average molecular weight is 172 g/mol. The normalized spacial score (nSPS) is 5.89. The molecule has 0 bridgehead atoms. The zero-order valence-corrected chi connectivity index (χ0v) is 6.47. The van der Waals surface area contributed by atoms with Crippen LogP contribution < -0.4 is 0 Å². The first-order valence-corrected chi connectivity index (χ1v) is 1.77. The number of halogens is 2. The summed E-state index contributed by atoms with van der Waals surface area (Å²) in [6.07, 6.45) is 4.30. The highest BCUT2D eigenvalue weighted by Gasteiger charge is 1.75. The summed E-state index contributed by atoms with van der Waals surface area (Å²) in [6.45, 7) is 1.91. The highest BCUT2D eigenvalue weighted by molar-refractivity contribution is 5.85. The van der Waals surface area contributed by atoms with Crippen LogP contribution in [0.5, 0.6) is 0 Å². The molecule has 0 aromatic carbocycles. The van der Waals surface area contributed by atoms with E-state index in [2.05, 4.69) is 16.2 Å². The molecule has 0 aliphatic heterocycles. The highest BCUT2D eigenvalue weighted by Crippen LogP contribution is 1.79. The molecule has 0 aliphatic rings. The van der Waals surface area contributed by atoms with Crippen LogP contribution in [0, 0.1) is 13.1 Å². The van der Waals surface area contributed by atoms with Gasteiger partial charge in [-0.1, -0.05) is 0 Å². The first-order chi connectivity index (χ1) is 2.89. The molecule has 3 N–H and O–H groups in total. The number of hydrogen-bond acceptors (Lipinski definition) is 1. The largest absolute Gasteiger partial charge is 0.412 e. The molecule has 1 radical (unpaired) electrons. The van der Waals surface area contributed by atoms with E-state index in [1.54, 1.807) is 6.33 Å². The van der Waals surface area contributed by atoms with Crippen LogP contribution in [0.4, 0.5) is 0 Å². The summed E-state index contributed by atoms with van der Waals surface area (Å²) in [5.74, 6) is 0. The standard InChI is InChI=1S/C4H5N2.2ClH.H2O/c1-4-2-5-3-6-4;;;/h3H,1H3,(H,5,6);2*1H;1H2. The summed E-state index contributed by atoms with van der Waals surface area (Å²) in [5.41, 5.74) is 0.981. The third-order valence-electron chi connectivity index (χ3n) is 0.578. The minimum Gasteiger partial charge on any atom is -0.412 e. The molecule has 0 aliphatic carbocycles. The fourth-order valence-electron chi connectivity index (χ4n) is 0.290. The van der Waals surface area contributed by atoms with Crippen molar-refractivity contribution in [3.05, 3.63) is 18.2 Å². The second-order valence-electron chi connectivity index (χ2n) is 1.14. The third-order valence-corrected chi connectivity index (χ3v) is 0.578. The maximum Gasteiger partial charge on any atom is 0.111 e. The lowest BCUT2D eigenvalue weighted by Crippen LogP contribution is -1.60. The lowest BCUT2D eigenvalue weighted by molar-refractivity contribution is 0.824. The van der Waals surface area contributed by atoms with Crippen LogP contribution in [0.2, 0.25) is 0 Å². The van der Waals surface area contributed by atoms with E-state index in [1.807, 2.05) is 6.92 Å². The van der Waals surface area contributed by atoms with Crippen LogP contribution in [0.1, 0.15) is 5.69 Å². The maximum atomic E-state index is 3.64. The predicted octanol–water partition coefficient (Wildman–Crippen LogP) is 0.537. The van der Waals surface area contributed by atoms with Crippen molar-refractivity contribution in [1.29, 1.82) is 0 Å². The van der Waals surface area contributed by atoms with Gasteiger partial charge in [-0.15, -0.1) is 24.8 Å². The van der Waals surface area contributed by atoms with Crippen molar-refractivity contribution in [3.63, 3.8) is 0 Å². The number of hydrogen-bond donors (Lipinski definition) is 1. The Balaban J connectivity index is -0.000000120. The van der Waals surface area contributed by atoms with Crippen molar-refractivity contribution in [2.45, 2.75) is 6.92 Å². The van der Waals surface area contributed by atoms with E-state index in [-0.39, 0.29) is 30.3 Å². The Morgan fingerprint density at radius 1 is 1.56 bits per heavy atom. The number of aromatic nitrogens is 2. The zero-order valence-electron chi connectivity index (χ0n) is 4.84. The summed E-state index contributed by atoms with van der Waals surface area (Å²) in [7, 11) is 0. The molecular weight excluding hydrogens is 163 g/mol. The van der Waals surface area contributed by atoms with E-state index in [4.69, 9.17) is 0 Å². The van der Waals surface area contributed by atoms with Gasteiger partial charge in [0, 0.05) is 5.69 Å². The van der Waals surface area contributed by atoms with Gasteiger partial charge < -0.3 is 10.5 Å². The van der Waals surface area contributed by atoms with Crippen LogP contribution in [-0.2, 0) is 0 Å². The Labute approximate surface area is 66.0 Å². The van der Waals surface area contributed by atoms with Crippen molar-refractivity contribution in [2.24, 2.45) is 0 Å². The number of aryl methyl sites for hydroxylation is 1. The average Bonchev–Trinajstić information content (AvgIpc) is 1.86. The minimum absolute atomic E-state index is 0. The molecule has 9 heavy (non-hydrogen) atoms. The molecule has 0 spiro atoms. The molecule has 1 rings (SSSR count). The molecule has 1 heterocycles. The number of aromatic amines is 1. The second kappa shape index (κ2) is 7.75. The number of nitrogens with zero attached hydrogens (tertiary/aromatic N) is 1. The monoisotopic (exact) mass is 171 g/mol. The van der Waals surface area contributed by atoms with Crippen LogP contribution in [0.25, 0.3) is 0 Å². The molecule has 1 aromatic heterocycles. The fourth-order valence-corrected chi connectivity index (χ4v) is 0.290. The van der Waals surface area contributed by atoms with Crippen molar-refractivity contribution in [2.75, 3.05) is 0 Å². The zero-order chi connectivity index (χ0) is 4.41. The molecular formula is C4H9Cl2N2O. The minimum atomic E-state index is 0. The summed E-state index contributed by atoms with van der Waals surface area (Å²) in [4.78, 5) is 6.47. The SMILES string of the molecule is Cc1[c]nc[nH]1.Cl.Cl.O. The molecule has 55 valence electrons. The van der Waals surface area contributed by atoms with Crippen LogP contribution >= 0.6 is 24.8 Å². The van der Waals surface area contributed by atoms with Gasteiger partial charge >= 0.3 is 0 Å². The van der Waals surface area contributed by atoms with E-state index < -0.39 is 0 Å². The summed E-state index contributed by atoms with van der Waals surface area (Å²) in [6, 6.07) is 0. The second-order valence-corrected chi connectivity index (χ2v) is 1.14. The molecule has 0 saturated heterocycles. The number of rotatable bonds is 0. The molecule has 0 fully saturated rings. The molecule has 0 saturated carbocycles. The van der Waals surface area contributed by atoms with E-state index in [1.165, 1.54) is 0 Å². The van der Waals surface area contributed by atoms with E-state index in [0.29, 0.717) is 0 Å². The smallest absolute Gasteiger partial charge is 0.111 e. The Bertz CT molecular complexity index is 120. The summed E-state index contributed by atoms with van der Waals surface area (Å²) < 4.78 is 0. The van der Waals surface area contributed by atoms with E-state index in [9.17, 15) is 0 Å². The highest BCUT2D eigenvalue weighted by atomic mass is 35.5. The van der Waals surface area contributed by atoms with E-state index >= 15 is 0 Å². The van der Waals surface area contributed by atoms with Crippen molar-refractivity contribution < 1.29 is 5.48 Å². The van der Waals surface area contributed by atoms with Crippen molar-refractivity contribution in [3.8, 4) is 0 Å². The Kier molecular flexibility index (Phi) is 13.7.